The molecule has 0 saturated heterocycles. The summed E-state index contributed by atoms with van der Waals surface area (Å²) >= 11 is 0. The van der Waals surface area contributed by atoms with E-state index in [1.807, 2.05) is 18.3 Å². The van der Waals surface area contributed by atoms with Crippen LogP contribution in [0.1, 0.15) is 19.3 Å². The monoisotopic (exact) mass is 311 g/mol. The van der Waals surface area contributed by atoms with Crippen molar-refractivity contribution < 1.29 is 9.47 Å². The van der Waals surface area contributed by atoms with E-state index >= 15 is 0 Å². The Bertz CT molecular complexity index is 773. The van der Waals surface area contributed by atoms with Crippen LogP contribution in [0.15, 0.2) is 18.3 Å². The molecule has 2 saturated carbocycles. The van der Waals surface area contributed by atoms with Crippen molar-refractivity contribution >= 4 is 16.7 Å². The summed E-state index contributed by atoms with van der Waals surface area (Å²) in [7, 11) is 3.83. The highest BCUT2D eigenvalue weighted by Crippen LogP contribution is 2.58. The Kier molecular flexibility index (Phi) is 2.75. The van der Waals surface area contributed by atoms with Gasteiger partial charge in [0.05, 0.1) is 24.9 Å². The maximum absolute atomic E-state index is 6.08. The number of aromatic nitrogens is 2. The molecular formula is C18H21N3O2. The quantitative estimate of drug-likeness (QED) is 0.853. The summed E-state index contributed by atoms with van der Waals surface area (Å²) in [6.07, 6.45) is 5.98. The average molecular weight is 311 g/mol. The van der Waals surface area contributed by atoms with Crippen molar-refractivity contribution in [2.24, 2.45) is 17.8 Å². The van der Waals surface area contributed by atoms with Gasteiger partial charge >= 0.3 is 0 Å². The van der Waals surface area contributed by atoms with Crippen LogP contribution >= 0.6 is 0 Å². The number of anilines is 1. The molecule has 3 heterocycles. The fourth-order valence-corrected chi connectivity index (χ4v) is 4.67. The van der Waals surface area contributed by atoms with E-state index in [9.17, 15) is 0 Å². The minimum absolute atomic E-state index is 0.443. The second-order valence-electron chi connectivity index (χ2n) is 7.08. The van der Waals surface area contributed by atoms with Gasteiger partial charge in [-0.05, 0) is 43.1 Å². The molecule has 0 aromatic carbocycles. The lowest BCUT2D eigenvalue weighted by atomic mass is 9.92. The van der Waals surface area contributed by atoms with Crippen LogP contribution in [0.2, 0.25) is 0 Å². The molecule has 120 valence electrons. The van der Waals surface area contributed by atoms with Gasteiger partial charge in [-0.2, -0.15) is 0 Å². The second kappa shape index (κ2) is 4.73. The van der Waals surface area contributed by atoms with E-state index in [1.165, 1.54) is 19.3 Å². The first-order valence-electron chi connectivity index (χ1n) is 8.45. The molecule has 2 aromatic heterocycles. The summed E-state index contributed by atoms with van der Waals surface area (Å²) in [5.74, 6) is 4.12. The molecule has 5 heteroatoms. The molecule has 5 rings (SSSR count). The van der Waals surface area contributed by atoms with Crippen LogP contribution in [0.3, 0.4) is 0 Å². The number of methoxy groups -OCH3 is 1. The number of hydrogen-bond acceptors (Lipinski definition) is 5. The van der Waals surface area contributed by atoms with Crippen molar-refractivity contribution in [1.29, 1.82) is 0 Å². The molecule has 2 aromatic rings. The van der Waals surface area contributed by atoms with Crippen LogP contribution in [0.25, 0.3) is 11.0 Å². The molecule has 0 amide bonds. The maximum Gasteiger partial charge on any atom is 0.213 e. The van der Waals surface area contributed by atoms with Crippen molar-refractivity contribution in [1.82, 2.24) is 9.97 Å². The van der Waals surface area contributed by atoms with Gasteiger partial charge in [-0.15, -0.1) is 0 Å². The summed E-state index contributed by atoms with van der Waals surface area (Å²) in [6.45, 7) is 0.758. The largest absolute Gasteiger partial charge is 0.488 e. The first-order chi connectivity index (χ1) is 11.3. The van der Waals surface area contributed by atoms with E-state index in [-0.39, 0.29) is 0 Å². The number of rotatable bonds is 2. The number of pyridine rings is 2. The zero-order valence-corrected chi connectivity index (χ0v) is 13.5. The Morgan fingerprint density at radius 2 is 2.17 bits per heavy atom. The SMILES string of the molecule is COc1ccc2ncc3c(c2n1)N(C)C(C1CCC2CC21)CO3. The van der Waals surface area contributed by atoms with Crippen molar-refractivity contribution in [2.45, 2.75) is 25.3 Å². The molecular weight excluding hydrogens is 290 g/mol. The van der Waals surface area contributed by atoms with Crippen molar-refractivity contribution in [3.63, 3.8) is 0 Å². The van der Waals surface area contributed by atoms with E-state index in [0.29, 0.717) is 11.9 Å². The third-order valence-electron chi connectivity index (χ3n) is 5.99. The van der Waals surface area contributed by atoms with Crippen LogP contribution in [-0.2, 0) is 0 Å². The first-order valence-corrected chi connectivity index (χ1v) is 8.45. The van der Waals surface area contributed by atoms with Gasteiger partial charge in [-0.1, -0.05) is 0 Å². The fraction of sp³-hybridized carbons (Fsp3) is 0.556. The molecule has 4 atom stereocenters. The molecule has 0 N–H and O–H groups in total. The van der Waals surface area contributed by atoms with Crippen molar-refractivity contribution in [3.8, 4) is 11.6 Å². The van der Waals surface area contributed by atoms with Gasteiger partial charge in [-0.3, -0.25) is 4.98 Å². The summed E-state index contributed by atoms with van der Waals surface area (Å²) < 4.78 is 11.4. The Hall–Kier alpha value is -2.04. The summed E-state index contributed by atoms with van der Waals surface area (Å²) in [5, 5.41) is 0. The number of nitrogens with zero attached hydrogens (tertiary/aromatic N) is 3. The highest BCUT2D eigenvalue weighted by atomic mass is 16.5. The lowest BCUT2D eigenvalue weighted by Gasteiger charge is -2.39. The number of hydrogen-bond donors (Lipinski definition) is 0. The zero-order valence-electron chi connectivity index (χ0n) is 13.5. The molecule has 5 nitrogen and oxygen atoms in total. The lowest BCUT2D eigenvalue weighted by Crippen LogP contribution is -2.46. The molecule has 1 aliphatic heterocycles. The van der Waals surface area contributed by atoms with Gasteiger partial charge in [0, 0.05) is 13.1 Å². The van der Waals surface area contributed by atoms with Gasteiger partial charge < -0.3 is 14.4 Å². The van der Waals surface area contributed by atoms with Gasteiger partial charge in [-0.25, -0.2) is 4.98 Å². The van der Waals surface area contributed by atoms with E-state index in [1.54, 1.807) is 7.11 Å². The Morgan fingerprint density at radius 1 is 1.26 bits per heavy atom. The van der Waals surface area contributed by atoms with Gasteiger partial charge in [0.15, 0.2) is 5.75 Å². The Labute approximate surface area is 135 Å². The molecule has 3 aliphatic rings. The van der Waals surface area contributed by atoms with E-state index in [4.69, 9.17) is 9.47 Å². The molecule has 0 spiro atoms. The normalized spacial score (nSPS) is 31.5. The third-order valence-corrected chi connectivity index (χ3v) is 5.99. The minimum atomic E-state index is 0.443. The highest BCUT2D eigenvalue weighted by molar-refractivity contribution is 5.92. The standard InChI is InChI=1S/C18H21N3O2/c1-21-14(11-4-3-10-7-12(10)11)9-23-15-8-19-13-5-6-16(22-2)20-17(13)18(15)21/h5-6,8,10-12,14H,3-4,7,9H2,1-2H3. The van der Waals surface area contributed by atoms with Crippen LogP contribution in [0.5, 0.6) is 11.6 Å². The molecule has 2 aliphatic carbocycles. The third kappa shape index (κ3) is 1.92. The molecule has 0 bridgehead atoms. The molecule has 0 radical (unpaired) electrons. The average Bonchev–Trinajstić information content (AvgIpc) is 3.25. The summed E-state index contributed by atoms with van der Waals surface area (Å²) in [6, 6.07) is 4.26. The zero-order chi connectivity index (χ0) is 15.6. The predicted octanol–water partition coefficient (Wildman–Crippen LogP) is 2.88. The van der Waals surface area contributed by atoms with Crippen LogP contribution < -0.4 is 14.4 Å². The van der Waals surface area contributed by atoms with Crippen molar-refractivity contribution in [2.75, 3.05) is 25.7 Å². The molecule has 4 unspecified atom stereocenters. The van der Waals surface area contributed by atoms with Gasteiger partial charge in [0.1, 0.15) is 17.8 Å². The molecule has 2 fully saturated rings. The van der Waals surface area contributed by atoms with Crippen LogP contribution in [0.4, 0.5) is 5.69 Å². The topological polar surface area (TPSA) is 47.5 Å². The van der Waals surface area contributed by atoms with Gasteiger partial charge in [0.25, 0.3) is 0 Å². The smallest absolute Gasteiger partial charge is 0.213 e. The predicted molar refractivity (Wildman–Crippen MR) is 88.1 cm³/mol. The van der Waals surface area contributed by atoms with E-state index < -0.39 is 0 Å². The Morgan fingerprint density at radius 3 is 2.91 bits per heavy atom. The van der Waals surface area contributed by atoms with E-state index in [2.05, 4.69) is 21.9 Å². The van der Waals surface area contributed by atoms with Gasteiger partial charge in [0.2, 0.25) is 5.88 Å². The highest BCUT2D eigenvalue weighted by Gasteiger charge is 2.52. The minimum Gasteiger partial charge on any atom is -0.488 e. The number of ether oxygens (including phenoxy) is 2. The Balaban J connectivity index is 1.60. The number of fused-ring (bicyclic) bond motifs is 4. The fourth-order valence-electron chi connectivity index (χ4n) is 4.67. The first kappa shape index (κ1) is 13.4. The maximum atomic E-state index is 6.08. The number of likely N-dealkylation sites (N-methyl/N-ethyl adjacent to an activating group) is 1. The second-order valence-corrected chi connectivity index (χ2v) is 7.08. The molecule has 23 heavy (non-hydrogen) atoms. The lowest BCUT2D eigenvalue weighted by molar-refractivity contribution is 0.214. The van der Waals surface area contributed by atoms with Crippen molar-refractivity contribution in [3.05, 3.63) is 18.3 Å². The van der Waals surface area contributed by atoms with Crippen LogP contribution in [-0.4, -0.2) is 36.8 Å². The van der Waals surface area contributed by atoms with E-state index in [0.717, 1.165) is 46.8 Å². The summed E-state index contributed by atoms with van der Waals surface area (Å²) in [4.78, 5) is 11.5. The summed E-state index contributed by atoms with van der Waals surface area (Å²) in [5.41, 5.74) is 2.82. The van der Waals surface area contributed by atoms with Crippen LogP contribution in [0, 0.1) is 17.8 Å².